The van der Waals surface area contributed by atoms with E-state index in [1.165, 1.54) is 24.3 Å². The predicted octanol–water partition coefficient (Wildman–Crippen LogP) is 2.77. The lowest BCUT2D eigenvalue weighted by Crippen LogP contribution is -2.17. The molecule has 1 heterocycles. The van der Waals surface area contributed by atoms with Gasteiger partial charge in [0.2, 0.25) is 0 Å². The van der Waals surface area contributed by atoms with Gasteiger partial charge in [0.05, 0.1) is 15.6 Å². The molecular weight excluding hydrogens is 354 g/mol. The van der Waals surface area contributed by atoms with Gasteiger partial charge in [0, 0.05) is 24.0 Å². The molecule has 0 aliphatic carbocycles. The van der Waals surface area contributed by atoms with Crippen molar-refractivity contribution in [3.8, 4) is 11.5 Å². The van der Waals surface area contributed by atoms with Crippen LogP contribution in [0.3, 0.4) is 0 Å². The summed E-state index contributed by atoms with van der Waals surface area (Å²) >= 11 is 6.15. The SMILES string of the molecule is CS(=O)(=O)c1cccc(C(=O)Nc2cc3c(cc2Cl)OCCO3)c1. The summed E-state index contributed by atoms with van der Waals surface area (Å²) in [5, 5.41) is 2.95. The highest BCUT2D eigenvalue weighted by molar-refractivity contribution is 7.90. The smallest absolute Gasteiger partial charge is 0.255 e. The van der Waals surface area contributed by atoms with Gasteiger partial charge < -0.3 is 14.8 Å². The first kappa shape index (κ1) is 16.6. The standard InChI is InChI=1S/C16H14ClNO5S/c1-24(20,21)11-4-2-3-10(7-11)16(19)18-13-9-15-14(8-12(13)17)22-5-6-23-15/h2-4,7-9H,5-6H2,1H3,(H,18,19). The maximum Gasteiger partial charge on any atom is 0.255 e. The van der Waals surface area contributed by atoms with E-state index in [0.29, 0.717) is 35.4 Å². The number of sulfone groups is 1. The molecule has 3 rings (SSSR count). The zero-order valence-corrected chi connectivity index (χ0v) is 14.3. The summed E-state index contributed by atoms with van der Waals surface area (Å²) in [5.74, 6) is 0.535. The van der Waals surface area contributed by atoms with Crippen LogP contribution in [0.25, 0.3) is 0 Å². The lowest BCUT2D eigenvalue weighted by Gasteiger charge is -2.20. The minimum absolute atomic E-state index is 0.0726. The van der Waals surface area contributed by atoms with Crippen molar-refractivity contribution >= 4 is 33.0 Å². The van der Waals surface area contributed by atoms with Gasteiger partial charge >= 0.3 is 0 Å². The largest absolute Gasteiger partial charge is 0.486 e. The van der Waals surface area contributed by atoms with E-state index in [9.17, 15) is 13.2 Å². The number of nitrogens with one attached hydrogen (secondary N) is 1. The summed E-state index contributed by atoms with van der Waals surface area (Å²) in [5.41, 5.74) is 0.569. The van der Waals surface area contributed by atoms with E-state index < -0.39 is 15.7 Å². The number of anilines is 1. The number of benzene rings is 2. The first-order valence-corrected chi connectivity index (χ1v) is 9.32. The summed E-state index contributed by atoms with van der Waals surface area (Å²) in [6, 6.07) is 8.93. The van der Waals surface area contributed by atoms with Crippen molar-refractivity contribution in [3.05, 3.63) is 47.0 Å². The maximum absolute atomic E-state index is 12.4. The highest BCUT2D eigenvalue weighted by Gasteiger charge is 2.17. The summed E-state index contributed by atoms with van der Waals surface area (Å²) in [7, 11) is -3.39. The van der Waals surface area contributed by atoms with Crippen LogP contribution in [0.2, 0.25) is 5.02 Å². The van der Waals surface area contributed by atoms with Crippen LogP contribution in [-0.2, 0) is 9.84 Å². The van der Waals surface area contributed by atoms with Crippen molar-refractivity contribution in [1.29, 1.82) is 0 Å². The molecule has 0 radical (unpaired) electrons. The van der Waals surface area contributed by atoms with Crippen molar-refractivity contribution in [3.63, 3.8) is 0 Å². The first-order chi connectivity index (χ1) is 11.3. The molecule has 8 heteroatoms. The molecule has 0 aromatic heterocycles. The van der Waals surface area contributed by atoms with Gasteiger partial charge in [0.25, 0.3) is 5.91 Å². The normalized spacial score (nSPS) is 13.4. The van der Waals surface area contributed by atoms with Gasteiger partial charge in [0.15, 0.2) is 21.3 Å². The fourth-order valence-electron chi connectivity index (χ4n) is 2.22. The Morgan fingerprint density at radius 2 is 1.79 bits per heavy atom. The summed E-state index contributed by atoms with van der Waals surface area (Å²) < 4.78 is 34.1. The quantitative estimate of drug-likeness (QED) is 0.902. The molecule has 2 aromatic rings. The van der Waals surface area contributed by atoms with E-state index in [2.05, 4.69) is 5.32 Å². The molecule has 1 aliphatic heterocycles. The molecule has 0 bridgehead atoms. The molecule has 126 valence electrons. The molecule has 6 nitrogen and oxygen atoms in total. The predicted molar refractivity (Wildman–Crippen MR) is 89.9 cm³/mol. The van der Waals surface area contributed by atoms with Crippen molar-refractivity contribution in [2.24, 2.45) is 0 Å². The topological polar surface area (TPSA) is 81.7 Å². The van der Waals surface area contributed by atoms with Crippen LogP contribution in [0.1, 0.15) is 10.4 Å². The fourth-order valence-corrected chi connectivity index (χ4v) is 3.09. The summed E-state index contributed by atoms with van der Waals surface area (Å²) in [6.07, 6.45) is 1.09. The third kappa shape index (κ3) is 3.47. The molecular formula is C16H14ClNO5S. The Kier molecular flexibility index (Phi) is 4.38. The van der Waals surface area contributed by atoms with Gasteiger partial charge in [-0.2, -0.15) is 0 Å². The Morgan fingerprint density at radius 3 is 2.46 bits per heavy atom. The number of amides is 1. The highest BCUT2D eigenvalue weighted by Crippen LogP contribution is 2.38. The Morgan fingerprint density at radius 1 is 1.12 bits per heavy atom. The van der Waals surface area contributed by atoms with Crippen molar-refractivity contribution in [1.82, 2.24) is 0 Å². The van der Waals surface area contributed by atoms with E-state index in [1.54, 1.807) is 12.1 Å². The van der Waals surface area contributed by atoms with Gasteiger partial charge in [-0.3, -0.25) is 4.79 Å². The Balaban J connectivity index is 1.88. The average Bonchev–Trinajstić information content (AvgIpc) is 2.55. The van der Waals surface area contributed by atoms with E-state index in [0.717, 1.165) is 6.26 Å². The van der Waals surface area contributed by atoms with Crippen LogP contribution in [-0.4, -0.2) is 33.8 Å². The van der Waals surface area contributed by atoms with Crippen LogP contribution in [0, 0.1) is 0 Å². The Hall–Kier alpha value is -2.25. The van der Waals surface area contributed by atoms with E-state index in [1.807, 2.05) is 0 Å². The minimum atomic E-state index is -3.39. The second kappa shape index (κ2) is 6.33. The number of fused-ring (bicyclic) bond motifs is 1. The van der Waals surface area contributed by atoms with Crippen LogP contribution < -0.4 is 14.8 Å². The third-order valence-corrected chi connectivity index (χ3v) is 4.83. The maximum atomic E-state index is 12.4. The van der Waals surface area contributed by atoms with Crippen LogP contribution >= 0.6 is 11.6 Å². The zero-order valence-electron chi connectivity index (χ0n) is 12.7. The number of ether oxygens (including phenoxy) is 2. The van der Waals surface area contributed by atoms with Crippen molar-refractivity contribution in [2.75, 3.05) is 24.8 Å². The highest BCUT2D eigenvalue weighted by atomic mass is 35.5. The molecule has 1 amide bonds. The Bertz CT molecular complexity index is 911. The second-order valence-corrected chi connectivity index (χ2v) is 7.65. The van der Waals surface area contributed by atoms with Gasteiger partial charge in [-0.15, -0.1) is 0 Å². The Labute approximate surface area is 144 Å². The molecule has 0 spiro atoms. The lowest BCUT2D eigenvalue weighted by atomic mass is 10.2. The molecule has 0 saturated carbocycles. The molecule has 0 unspecified atom stereocenters. The second-order valence-electron chi connectivity index (χ2n) is 5.23. The van der Waals surface area contributed by atoms with Gasteiger partial charge in [-0.05, 0) is 18.2 Å². The van der Waals surface area contributed by atoms with Crippen LogP contribution in [0.4, 0.5) is 5.69 Å². The summed E-state index contributed by atoms with van der Waals surface area (Å²) in [6.45, 7) is 0.853. The lowest BCUT2D eigenvalue weighted by molar-refractivity contribution is 0.102. The third-order valence-electron chi connectivity index (χ3n) is 3.40. The summed E-state index contributed by atoms with van der Waals surface area (Å²) in [4.78, 5) is 12.4. The van der Waals surface area contributed by atoms with Gasteiger partial charge in [-0.25, -0.2) is 8.42 Å². The number of carbonyl (C=O) groups excluding carboxylic acids is 1. The van der Waals surface area contributed by atoms with Gasteiger partial charge in [-0.1, -0.05) is 17.7 Å². The molecule has 0 atom stereocenters. The van der Waals surface area contributed by atoms with Gasteiger partial charge in [0.1, 0.15) is 13.2 Å². The number of hydrogen-bond acceptors (Lipinski definition) is 5. The number of hydrogen-bond donors (Lipinski definition) is 1. The molecule has 0 fully saturated rings. The molecule has 2 aromatic carbocycles. The van der Waals surface area contributed by atoms with Crippen LogP contribution in [0.5, 0.6) is 11.5 Å². The monoisotopic (exact) mass is 367 g/mol. The van der Waals surface area contributed by atoms with Crippen LogP contribution in [0.15, 0.2) is 41.3 Å². The number of rotatable bonds is 3. The zero-order chi connectivity index (χ0) is 17.3. The van der Waals surface area contributed by atoms with E-state index in [4.69, 9.17) is 21.1 Å². The molecule has 1 aliphatic rings. The average molecular weight is 368 g/mol. The molecule has 1 N–H and O–H groups in total. The number of carbonyl (C=O) groups is 1. The first-order valence-electron chi connectivity index (χ1n) is 7.05. The molecule has 24 heavy (non-hydrogen) atoms. The minimum Gasteiger partial charge on any atom is -0.486 e. The number of halogens is 1. The van der Waals surface area contributed by atoms with E-state index >= 15 is 0 Å². The molecule has 0 saturated heterocycles. The fraction of sp³-hybridized carbons (Fsp3) is 0.188. The van der Waals surface area contributed by atoms with E-state index in [-0.39, 0.29) is 10.5 Å². The van der Waals surface area contributed by atoms with Crippen molar-refractivity contribution in [2.45, 2.75) is 4.90 Å². The van der Waals surface area contributed by atoms with Crippen molar-refractivity contribution < 1.29 is 22.7 Å².